The first kappa shape index (κ1) is 20.3. The van der Waals surface area contributed by atoms with Crippen molar-refractivity contribution in [1.82, 2.24) is 4.90 Å². The van der Waals surface area contributed by atoms with Crippen molar-refractivity contribution in [2.45, 2.75) is 13.8 Å². The molecule has 8 nitrogen and oxygen atoms in total. The standard InChI is InChI=1S/C19H24N2O6/c1-4-25-18(23)13-26-17-6-5-16(11-15(17)12-22)20-7-9-21(10-8-20)19(24)27-14(2)3/h5-6,11-12H,2,4,7-10,13H2,1,3H3. The number of rotatable bonds is 7. The number of anilines is 1. The zero-order chi connectivity index (χ0) is 19.8. The summed E-state index contributed by atoms with van der Waals surface area (Å²) in [6.07, 6.45) is 0.281. The van der Waals surface area contributed by atoms with Crippen molar-refractivity contribution in [2.24, 2.45) is 0 Å². The molecule has 0 aliphatic carbocycles. The van der Waals surface area contributed by atoms with Crippen molar-refractivity contribution >= 4 is 24.0 Å². The lowest BCUT2D eigenvalue weighted by Gasteiger charge is -2.35. The van der Waals surface area contributed by atoms with Gasteiger partial charge in [-0.1, -0.05) is 6.58 Å². The Morgan fingerprint density at radius 1 is 1.22 bits per heavy atom. The fourth-order valence-electron chi connectivity index (χ4n) is 2.66. The number of ether oxygens (including phenoxy) is 3. The molecule has 0 spiro atoms. The van der Waals surface area contributed by atoms with Gasteiger partial charge < -0.3 is 24.0 Å². The lowest BCUT2D eigenvalue weighted by atomic mass is 10.1. The van der Waals surface area contributed by atoms with Gasteiger partial charge in [0.1, 0.15) is 5.75 Å². The van der Waals surface area contributed by atoms with E-state index in [2.05, 4.69) is 11.5 Å². The van der Waals surface area contributed by atoms with Crippen LogP contribution in [0.25, 0.3) is 0 Å². The van der Waals surface area contributed by atoms with E-state index in [9.17, 15) is 14.4 Å². The zero-order valence-electron chi connectivity index (χ0n) is 15.6. The van der Waals surface area contributed by atoms with E-state index in [-0.39, 0.29) is 13.2 Å². The van der Waals surface area contributed by atoms with Crippen LogP contribution < -0.4 is 9.64 Å². The molecule has 1 amide bonds. The molecular formula is C19H24N2O6. The van der Waals surface area contributed by atoms with Crippen LogP contribution >= 0.6 is 0 Å². The van der Waals surface area contributed by atoms with Gasteiger partial charge in [-0.3, -0.25) is 4.79 Å². The summed E-state index contributed by atoms with van der Waals surface area (Å²) in [4.78, 5) is 38.3. The minimum absolute atomic E-state index is 0.252. The Morgan fingerprint density at radius 3 is 2.52 bits per heavy atom. The van der Waals surface area contributed by atoms with Gasteiger partial charge in [-0.25, -0.2) is 9.59 Å². The summed E-state index contributed by atoms with van der Waals surface area (Å²) in [5.74, 6) is 0.193. The highest BCUT2D eigenvalue weighted by molar-refractivity contribution is 5.82. The molecule has 1 aliphatic heterocycles. The minimum Gasteiger partial charge on any atom is -0.481 e. The van der Waals surface area contributed by atoms with Gasteiger partial charge in [-0.2, -0.15) is 0 Å². The monoisotopic (exact) mass is 376 g/mol. The Kier molecular flexibility index (Phi) is 7.22. The van der Waals surface area contributed by atoms with Crippen LogP contribution in [0.4, 0.5) is 10.5 Å². The number of hydrogen-bond acceptors (Lipinski definition) is 7. The molecule has 1 aromatic carbocycles. The number of allylic oxidation sites excluding steroid dienone is 1. The fraction of sp³-hybridized carbons (Fsp3) is 0.421. The Labute approximate surface area is 158 Å². The van der Waals surface area contributed by atoms with Crippen molar-refractivity contribution in [3.05, 3.63) is 36.1 Å². The number of piperazine rings is 1. The normalized spacial score (nSPS) is 13.7. The number of carbonyl (C=O) groups is 3. The predicted molar refractivity (Wildman–Crippen MR) is 99.0 cm³/mol. The molecule has 0 saturated carbocycles. The van der Waals surface area contributed by atoms with Crippen LogP contribution in [-0.2, 0) is 14.3 Å². The maximum atomic E-state index is 11.9. The molecule has 1 saturated heterocycles. The quantitative estimate of drug-likeness (QED) is 0.410. The lowest BCUT2D eigenvalue weighted by Crippen LogP contribution is -2.48. The molecule has 0 aromatic heterocycles. The molecule has 1 fully saturated rings. The molecule has 0 radical (unpaired) electrons. The molecule has 1 aromatic rings. The van der Waals surface area contributed by atoms with Gasteiger partial charge in [0.15, 0.2) is 12.9 Å². The first-order valence-corrected chi connectivity index (χ1v) is 8.69. The van der Waals surface area contributed by atoms with Gasteiger partial charge in [0.25, 0.3) is 0 Å². The van der Waals surface area contributed by atoms with Crippen LogP contribution in [0.1, 0.15) is 24.2 Å². The number of aldehydes is 1. The Hall–Kier alpha value is -3.03. The summed E-state index contributed by atoms with van der Waals surface area (Å²) in [5.41, 5.74) is 1.19. The third-order valence-electron chi connectivity index (χ3n) is 3.94. The Balaban J connectivity index is 1.97. The highest BCUT2D eigenvalue weighted by atomic mass is 16.6. The number of hydrogen-bond donors (Lipinski definition) is 0. The van der Waals surface area contributed by atoms with E-state index in [0.717, 1.165) is 5.69 Å². The van der Waals surface area contributed by atoms with E-state index in [0.29, 0.717) is 49.5 Å². The number of esters is 1. The topological polar surface area (TPSA) is 85.4 Å². The molecule has 27 heavy (non-hydrogen) atoms. The van der Waals surface area contributed by atoms with Gasteiger partial charge >= 0.3 is 12.1 Å². The number of carbonyl (C=O) groups excluding carboxylic acids is 3. The van der Waals surface area contributed by atoms with Crippen LogP contribution in [-0.4, -0.2) is 62.6 Å². The molecule has 1 heterocycles. The smallest absolute Gasteiger partial charge is 0.414 e. The van der Waals surface area contributed by atoms with E-state index < -0.39 is 12.1 Å². The van der Waals surface area contributed by atoms with Crippen LogP contribution in [0.3, 0.4) is 0 Å². The first-order chi connectivity index (χ1) is 12.9. The van der Waals surface area contributed by atoms with E-state index in [1.165, 1.54) is 0 Å². The third kappa shape index (κ3) is 5.73. The van der Waals surface area contributed by atoms with Crippen molar-refractivity contribution in [1.29, 1.82) is 0 Å². The Morgan fingerprint density at radius 2 is 1.93 bits per heavy atom. The summed E-state index contributed by atoms with van der Waals surface area (Å²) in [6, 6.07) is 5.17. The summed E-state index contributed by atoms with van der Waals surface area (Å²) in [6.45, 7) is 9.13. The molecule has 2 rings (SSSR count). The van der Waals surface area contributed by atoms with Crippen LogP contribution in [0.2, 0.25) is 0 Å². The van der Waals surface area contributed by atoms with Gasteiger partial charge in [0.2, 0.25) is 0 Å². The summed E-state index contributed by atoms with van der Waals surface area (Å²) in [7, 11) is 0. The van der Waals surface area contributed by atoms with Crippen molar-refractivity contribution in [3.63, 3.8) is 0 Å². The number of nitrogens with zero attached hydrogens (tertiary/aromatic N) is 2. The second-order valence-corrected chi connectivity index (χ2v) is 5.98. The maximum Gasteiger partial charge on any atom is 0.414 e. The third-order valence-corrected chi connectivity index (χ3v) is 3.94. The zero-order valence-corrected chi connectivity index (χ0v) is 15.6. The summed E-state index contributed by atoms with van der Waals surface area (Å²) in [5, 5.41) is 0. The molecule has 0 N–H and O–H groups in total. The van der Waals surface area contributed by atoms with E-state index in [1.54, 1.807) is 30.9 Å². The minimum atomic E-state index is -0.490. The SMILES string of the molecule is C=C(C)OC(=O)N1CCN(c2ccc(OCC(=O)OCC)c(C=O)c2)CC1. The van der Waals surface area contributed by atoms with Crippen LogP contribution in [0, 0.1) is 0 Å². The first-order valence-electron chi connectivity index (χ1n) is 8.69. The molecule has 0 unspecified atom stereocenters. The average molecular weight is 376 g/mol. The molecule has 146 valence electrons. The highest BCUT2D eigenvalue weighted by Crippen LogP contribution is 2.25. The Bertz CT molecular complexity index is 710. The van der Waals surface area contributed by atoms with Crippen molar-refractivity contribution in [3.8, 4) is 5.75 Å². The van der Waals surface area contributed by atoms with Crippen molar-refractivity contribution < 1.29 is 28.6 Å². The van der Waals surface area contributed by atoms with Crippen LogP contribution in [0.15, 0.2) is 30.5 Å². The van der Waals surface area contributed by atoms with E-state index in [1.807, 2.05) is 6.07 Å². The van der Waals surface area contributed by atoms with Crippen LogP contribution in [0.5, 0.6) is 5.75 Å². The fourth-order valence-corrected chi connectivity index (χ4v) is 2.66. The largest absolute Gasteiger partial charge is 0.481 e. The molecular weight excluding hydrogens is 352 g/mol. The lowest BCUT2D eigenvalue weighted by molar-refractivity contribution is -0.145. The van der Waals surface area contributed by atoms with Crippen molar-refractivity contribution in [2.75, 3.05) is 44.3 Å². The molecule has 1 aliphatic rings. The van der Waals surface area contributed by atoms with Gasteiger partial charge in [0, 0.05) is 31.9 Å². The summed E-state index contributed by atoms with van der Waals surface area (Å²) >= 11 is 0. The highest BCUT2D eigenvalue weighted by Gasteiger charge is 2.23. The summed E-state index contributed by atoms with van der Waals surface area (Å²) < 4.78 is 15.2. The second kappa shape index (κ2) is 9.61. The number of benzene rings is 1. The average Bonchev–Trinajstić information content (AvgIpc) is 2.66. The molecule has 0 atom stereocenters. The van der Waals surface area contributed by atoms with E-state index >= 15 is 0 Å². The maximum absolute atomic E-state index is 11.9. The molecule has 8 heteroatoms. The second-order valence-electron chi connectivity index (χ2n) is 5.98. The van der Waals surface area contributed by atoms with Gasteiger partial charge in [-0.05, 0) is 32.0 Å². The predicted octanol–water partition coefficient (Wildman–Crippen LogP) is 2.23. The number of amides is 1. The van der Waals surface area contributed by atoms with Gasteiger partial charge in [-0.15, -0.1) is 0 Å². The van der Waals surface area contributed by atoms with E-state index in [4.69, 9.17) is 14.2 Å². The van der Waals surface area contributed by atoms with Gasteiger partial charge in [0.05, 0.1) is 17.9 Å². The molecule has 0 bridgehead atoms.